The Morgan fingerprint density at radius 2 is 1.84 bits per heavy atom. The van der Waals surface area contributed by atoms with E-state index in [2.05, 4.69) is 10.3 Å². The quantitative estimate of drug-likeness (QED) is 0.332. The summed E-state index contributed by atoms with van der Waals surface area (Å²) >= 11 is 6.79. The maximum Gasteiger partial charge on any atom is 0.206 e. The molecule has 0 radical (unpaired) electrons. The van der Waals surface area contributed by atoms with E-state index in [1.807, 2.05) is 30.3 Å². The van der Waals surface area contributed by atoms with Crippen LogP contribution in [0.1, 0.15) is 20.8 Å². The summed E-state index contributed by atoms with van der Waals surface area (Å²) < 4.78 is 19.4. The Kier molecular flexibility index (Phi) is 6.16. The first-order chi connectivity index (χ1) is 15.0. The Balaban J connectivity index is 1.44. The van der Waals surface area contributed by atoms with Crippen LogP contribution >= 0.6 is 22.9 Å². The lowest BCUT2D eigenvalue weighted by atomic mass is 10.1. The van der Waals surface area contributed by atoms with Gasteiger partial charge in [0, 0.05) is 11.3 Å². The summed E-state index contributed by atoms with van der Waals surface area (Å²) in [5, 5.41) is 3.34. The molecule has 0 unspecified atom stereocenters. The first kappa shape index (κ1) is 20.8. The summed E-state index contributed by atoms with van der Waals surface area (Å²) in [7, 11) is 0. The van der Waals surface area contributed by atoms with Gasteiger partial charge in [0.05, 0.1) is 5.02 Å². The number of anilines is 3. The van der Waals surface area contributed by atoms with E-state index < -0.39 is 5.82 Å². The van der Waals surface area contributed by atoms with Crippen molar-refractivity contribution in [2.24, 2.45) is 0 Å². The number of nitrogens with zero attached hydrogens (tertiary/aromatic N) is 1. The van der Waals surface area contributed by atoms with Gasteiger partial charge in [0.1, 0.15) is 28.9 Å². The molecule has 31 heavy (non-hydrogen) atoms. The van der Waals surface area contributed by atoms with E-state index in [4.69, 9.17) is 22.1 Å². The normalized spacial score (nSPS) is 10.6. The number of carbonyl (C=O) groups excluding carboxylic acids is 1. The first-order valence-electron chi connectivity index (χ1n) is 9.29. The summed E-state index contributed by atoms with van der Waals surface area (Å²) in [6.45, 7) is 0.441. The standard InChI is InChI=1S/C23H17ClFN3O2S/c24-18-11-8-16(12-19(18)25)27-23-28-22(26)21(31-23)20(29)15-6-9-17(10-7-15)30-13-14-4-2-1-3-5-14/h1-12H,13,26H2,(H,27,28). The second kappa shape index (κ2) is 9.16. The molecule has 0 amide bonds. The van der Waals surface area contributed by atoms with Crippen molar-refractivity contribution in [1.82, 2.24) is 4.98 Å². The highest BCUT2D eigenvalue weighted by Crippen LogP contribution is 2.31. The van der Waals surface area contributed by atoms with Crippen molar-refractivity contribution < 1.29 is 13.9 Å². The number of halogens is 2. The molecule has 1 heterocycles. The average Bonchev–Trinajstić information content (AvgIpc) is 3.15. The van der Waals surface area contributed by atoms with E-state index in [0.29, 0.717) is 33.6 Å². The maximum atomic E-state index is 13.6. The van der Waals surface area contributed by atoms with E-state index in [0.717, 1.165) is 16.9 Å². The molecule has 0 saturated carbocycles. The topological polar surface area (TPSA) is 77.2 Å². The van der Waals surface area contributed by atoms with Crippen molar-refractivity contribution in [3.63, 3.8) is 0 Å². The molecule has 3 aromatic carbocycles. The third-order valence-corrected chi connectivity index (χ3v) is 5.69. The second-order valence-corrected chi connectivity index (χ2v) is 8.02. The predicted molar refractivity (Wildman–Crippen MR) is 122 cm³/mol. The van der Waals surface area contributed by atoms with Gasteiger partial charge in [-0.3, -0.25) is 4.79 Å². The molecule has 3 N–H and O–H groups in total. The minimum Gasteiger partial charge on any atom is -0.489 e. The number of rotatable bonds is 7. The number of thiazole rings is 1. The molecular formula is C23H17ClFN3O2S. The number of hydrogen-bond donors (Lipinski definition) is 2. The molecule has 1 aromatic heterocycles. The number of ketones is 1. The van der Waals surface area contributed by atoms with Crippen LogP contribution in [0.4, 0.5) is 21.0 Å². The van der Waals surface area contributed by atoms with E-state index in [1.165, 1.54) is 12.1 Å². The number of ether oxygens (including phenoxy) is 1. The van der Waals surface area contributed by atoms with Gasteiger partial charge in [0.25, 0.3) is 0 Å². The molecule has 8 heteroatoms. The summed E-state index contributed by atoms with van der Waals surface area (Å²) in [6.07, 6.45) is 0. The molecule has 0 saturated heterocycles. The van der Waals surface area contributed by atoms with Gasteiger partial charge in [-0.15, -0.1) is 0 Å². The van der Waals surface area contributed by atoms with Crippen LogP contribution in [0.3, 0.4) is 0 Å². The summed E-state index contributed by atoms with van der Waals surface area (Å²) in [6, 6.07) is 20.9. The molecule has 0 fully saturated rings. The van der Waals surface area contributed by atoms with Crippen molar-refractivity contribution >= 4 is 45.4 Å². The van der Waals surface area contributed by atoms with Crippen LogP contribution in [0.15, 0.2) is 72.8 Å². The van der Waals surface area contributed by atoms with Gasteiger partial charge >= 0.3 is 0 Å². The number of aromatic nitrogens is 1. The van der Waals surface area contributed by atoms with Gasteiger partial charge in [-0.05, 0) is 48.0 Å². The Hall–Kier alpha value is -3.42. The minimum absolute atomic E-state index is 0.0243. The predicted octanol–water partition coefficient (Wildman–Crippen LogP) is 6.07. The third kappa shape index (κ3) is 5.02. The molecule has 0 spiro atoms. The van der Waals surface area contributed by atoms with Crippen LogP contribution in [-0.2, 0) is 6.61 Å². The molecule has 4 aromatic rings. The van der Waals surface area contributed by atoms with Gasteiger partial charge in [0.15, 0.2) is 5.13 Å². The Morgan fingerprint density at radius 3 is 2.55 bits per heavy atom. The van der Waals surface area contributed by atoms with Crippen LogP contribution in [-0.4, -0.2) is 10.8 Å². The zero-order chi connectivity index (χ0) is 21.8. The Bertz CT molecular complexity index is 1210. The van der Waals surface area contributed by atoms with Gasteiger partial charge in [0.2, 0.25) is 5.78 Å². The number of carbonyl (C=O) groups is 1. The maximum absolute atomic E-state index is 13.6. The monoisotopic (exact) mass is 453 g/mol. The molecule has 0 atom stereocenters. The number of nitrogens with one attached hydrogen (secondary N) is 1. The number of benzene rings is 3. The average molecular weight is 454 g/mol. The molecule has 0 aliphatic carbocycles. The number of hydrogen-bond acceptors (Lipinski definition) is 6. The van der Waals surface area contributed by atoms with E-state index >= 15 is 0 Å². The minimum atomic E-state index is -0.554. The van der Waals surface area contributed by atoms with Crippen molar-refractivity contribution in [2.45, 2.75) is 6.61 Å². The van der Waals surface area contributed by atoms with E-state index in [9.17, 15) is 9.18 Å². The fraction of sp³-hybridized carbons (Fsp3) is 0.0435. The lowest BCUT2D eigenvalue weighted by molar-refractivity contribution is 0.104. The Labute approximate surface area is 187 Å². The lowest BCUT2D eigenvalue weighted by Crippen LogP contribution is -2.03. The van der Waals surface area contributed by atoms with Gasteiger partial charge in [-0.1, -0.05) is 53.3 Å². The highest BCUT2D eigenvalue weighted by atomic mass is 35.5. The van der Waals surface area contributed by atoms with Crippen LogP contribution in [0.2, 0.25) is 5.02 Å². The highest BCUT2D eigenvalue weighted by molar-refractivity contribution is 7.18. The van der Waals surface area contributed by atoms with Crippen molar-refractivity contribution in [1.29, 1.82) is 0 Å². The zero-order valence-electron chi connectivity index (χ0n) is 16.1. The van der Waals surface area contributed by atoms with Crippen molar-refractivity contribution in [2.75, 3.05) is 11.1 Å². The zero-order valence-corrected chi connectivity index (χ0v) is 17.7. The summed E-state index contributed by atoms with van der Waals surface area (Å²) in [5.74, 6) is -0.0387. The fourth-order valence-corrected chi connectivity index (χ4v) is 3.80. The van der Waals surface area contributed by atoms with Gasteiger partial charge in [-0.2, -0.15) is 0 Å². The van der Waals surface area contributed by atoms with Crippen molar-refractivity contribution in [3.05, 3.63) is 99.6 Å². The van der Waals surface area contributed by atoms with Crippen LogP contribution in [0.25, 0.3) is 0 Å². The van der Waals surface area contributed by atoms with Crippen LogP contribution in [0.5, 0.6) is 5.75 Å². The fourth-order valence-electron chi connectivity index (χ4n) is 2.82. The van der Waals surface area contributed by atoms with Crippen LogP contribution < -0.4 is 15.8 Å². The molecule has 0 bridgehead atoms. The van der Waals surface area contributed by atoms with E-state index in [1.54, 1.807) is 30.3 Å². The van der Waals surface area contributed by atoms with Crippen LogP contribution in [0, 0.1) is 5.82 Å². The largest absolute Gasteiger partial charge is 0.489 e. The SMILES string of the molecule is Nc1nc(Nc2ccc(Cl)c(F)c2)sc1C(=O)c1ccc(OCc2ccccc2)cc1. The number of nitrogen functional groups attached to an aromatic ring is 1. The number of nitrogens with two attached hydrogens (primary N) is 1. The molecular weight excluding hydrogens is 437 g/mol. The summed E-state index contributed by atoms with van der Waals surface area (Å²) in [4.78, 5) is 17.3. The smallest absolute Gasteiger partial charge is 0.206 e. The van der Waals surface area contributed by atoms with Crippen molar-refractivity contribution in [3.8, 4) is 5.75 Å². The molecule has 0 aliphatic heterocycles. The van der Waals surface area contributed by atoms with Gasteiger partial charge in [-0.25, -0.2) is 9.37 Å². The first-order valence-corrected chi connectivity index (χ1v) is 10.5. The van der Waals surface area contributed by atoms with Gasteiger partial charge < -0.3 is 15.8 Å². The Morgan fingerprint density at radius 1 is 1.10 bits per heavy atom. The molecule has 5 nitrogen and oxygen atoms in total. The highest BCUT2D eigenvalue weighted by Gasteiger charge is 2.18. The lowest BCUT2D eigenvalue weighted by Gasteiger charge is -2.07. The van der Waals surface area contributed by atoms with E-state index in [-0.39, 0.29) is 16.6 Å². The summed E-state index contributed by atoms with van der Waals surface area (Å²) in [5.41, 5.74) is 7.92. The molecule has 4 rings (SSSR count). The molecule has 156 valence electrons. The third-order valence-electron chi connectivity index (χ3n) is 4.40. The molecule has 0 aliphatic rings. The second-order valence-electron chi connectivity index (χ2n) is 6.62.